The van der Waals surface area contributed by atoms with Gasteiger partial charge in [0.05, 0.1) is 0 Å². The molecule has 0 saturated carbocycles. The molecule has 0 atom stereocenters. The lowest BCUT2D eigenvalue weighted by Crippen LogP contribution is -2.10. The molecule has 24 heavy (non-hydrogen) atoms. The zero-order valence-electron chi connectivity index (χ0n) is 15.0. The van der Waals surface area contributed by atoms with E-state index in [1.807, 2.05) is 6.92 Å². The number of nitrogen functional groups attached to an aromatic ring is 1. The Hall–Kier alpha value is -1.98. The molecule has 0 aliphatic rings. The van der Waals surface area contributed by atoms with Gasteiger partial charge in [0, 0.05) is 25.2 Å². The quantitative estimate of drug-likeness (QED) is 0.504. The van der Waals surface area contributed by atoms with Crippen LogP contribution in [0.2, 0.25) is 0 Å². The monoisotopic (exact) mass is 338 g/mol. The van der Waals surface area contributed by atoms with Crippen molar-refractivity contribution < 1.29 is 8.78 Å². The molecule has 3 N–H and O–H groups in total. The zero-order chi connectivity index (χ0) is 18.2. The molecular weight excluding hydrogens is 310 g/mol. The molecule has 1 aromatic rings. The second-order valence-corrected chi connectivity index (χ2v) is 6.13. The third kappa shape index (κ3) is 7.06. The number of rotatable bonds is 9. The number of anilines is 2. The predicted octanol–water partition coefficient (Wildman–Crippen LogP) is 4.75. The van der Waals surface area contributed by atoms with Crippen LogP contribution in [0.5, 0.6) is 0 Å². The average molecular weight is 338 g/mol. The Morgan fingerprint density at radius 2 is 2.04 bits per heavy atom. The van der Waals surface area contributed by atoms with Crippen LogP contribution in [0.25, 0.3) is 0 Å². The normalized spacial score (nSPS) is 13.2. The van der Waals surface area contributed by atoms with E-state index in [2.05, 4.69) is 22.2 Å². The molecule has 0 saturated heterocycles. The Bertz CT molecular complexity index is 589. The van der Waals surface area contributed by atoms with Crippen LogP contribution in [-0.2, 0) is 6.42 Å². The van der Waals surface area contributed by atoms with Gasteiger partial charge in [-0.05, 0) is 38.7 Å². The lowest BCUT2D eigenvalue weighted by Gasteiger charge is -2.11. The Morgan fingerprint density at radius 1 is 1.33 bits per heavy atom. The number of aromatic nitrogens is 2. The van der Waals surface area contributed by atoms with Crippen LogP contribution in [0, 0.1) is 0 Å². The first-order valence-corrected chi connectivity index (χ1v) is 8.31. The van der Waals surface area contributed by atoms with Crippen molar-refractivity contribution in [3.05, 3.63) is 35.1 Å². The minimum absolute atomic E-state index is 0.0552. The third-order valence-electron chi connectivity index (χ3n) is 3.80. The summed E-state index contributed by atoms with van der Waals surface area (Å²) < 4.78 is 26.2. The lowest BCUT2D eigenvalue weighted by molar-refractivity contribution is 0.0635. The number of nitrogens with one attached hydrogen (secondary N) is 1. The Labute approximate surface area is 143 Å². The lowest BCUT2D eigenvalue weighted by atomic mass is 10.1. The molecule has 0 aliphatic heterocycles. The summed E-state index contributed by atoms with van der Waals surface area (Å²) in [7, 11) is 0. The van der Waals surface area contributed by atoms with Crippen LogP contribution in [0.1, 0.15) is 52.5 Å². The molecule has 0 fully saturated rings. The van der Waals surface area contributed by atoms with Gasteiger partial charge < -0.3 is 11.1 Å². The largest absolute Gasteiger partial charge is 0.370 e. The number of nitrogens with zero attached hydrogens (tertiary/aromatic N) is 2. The van der Waals surface area contributed by atoms with Crippen molar-refractivity contribution in [2.24, 2.45) is 0 Å². The number of nitrogens with two attached hydrogens (primary N) is 1. The average Bonchev–Trinajstić information content (AvgIpc) is 2.51. The van der Waals surface area contributed by atoms with E-state index in [0.29, 0.717) is 0 Å². The van der Waals surface area contributed by atoms with Gasteiger partial charge in [0.15, 0.2) is 0 Å². The van der Waals surface area contributed by atoms with E-state index in [9.17, 15) is 8.78 Å². The second kappa shape index (κ2) is 9.35. The minimum Gasteiger partial charge on any atom is -0.370 e. The van der Waals surface area contributed by atoms with Crippen molar-refractivity contribution in [3.63, 3.8) is 0 Å². The van der Waals surface area contributed by atoms with E-state index in [4.69, 9.17) is 5.73 Å². The van der Waals surface area contributed by atoms with Gasteiger partial charge in [0.25, 0.3) is 5.92 Å². The maximum Gasteiger partial charge on any atom is 0.266 e. The summed E-state index contributed by atoms with van der Waals surface area (Å²) in [5, 5.41) is 3.29. The molecule has 1 rings (SSSR count). The van der Waals surface area contributed by atoms with Gasteiger partial charge in [-0.15, -0.1) is 0 Å². The SMILES string of the molecule is CCCCNc1nc(N)ncc1CC/C(C)=C/C=C(\C)C(C)(F)F. The van der Waals surface area contributed by atoms with Crippen LogP contribution in [0.3, 0.4) is 0 Å². The van der Waals surface area contributed by atoms with Crippen molar-refractivity contribution in [3.8, 4) is 0 Å². The van der Waals surface area contributed by atoms with Crippen molar-refractivity contribution in [1.29, 1.82) is 0 Å². The molecule has 0 amide bonds. The highest BCUT2D eigenvalue weighted by molar-refractivity contribution is 5.46. The molecule has 1 heterocycles. The first-order valence-electron chi connectivity index (χ1n) is 8.31. The van der Waals surface area contributed by atoms with Crippen LogP contribution in [0.4, 0.5) is 20.5 Å². The first-order chi connectivity index (χ1) is 11.2. The summed E-state index contributed by atoms with van der Waals surface area (Å²) in [5.41, 5.74) is 7.72. The standard InChI is InChI=1S/C18H28F2N4/c1-5-6-11-22-16-15(12-23-17(21)24-16)10-8-13(2)7-9-14(3)18(4,19)20/h7,9,12H,5-6,8,10-11H2,1-4H3,(H3,21,22,23,24)/b13-7+,14-9+. The van der Waals surface area contributed by atoms with Crippen LogP contribution >= 0.6 is 0 Å². The molecule has 134 valence electrons. The maximum atomic E-state index is 13.1. The van der Waals surface area contributed by atoms with Gasteiger partial charge in [-0.3, -0.25) is 0 Å². The van der Waals surface area contributed by atoms with Crippen molar-refractivity contribution in [2.45, 2.75) is 59.3 Å². The highest BCUT2D eigenvalue weighted by atomic mass is 19.3. The molecule has 0 aliphatic carbocycles. The third-order valence-corrected chi connectivity index (χ3v) is 3.80. The number of unbranched alkanes of at least 4 members (excludes halogenated alkanes) is 1. The maximum absolute atomic E-state index is 13.1. The summed E-state index contributed by atoms with van der Waals surface area (Å²) in [6.07, 6.45) is 8.58. The molecule has 0 unspecified atom stereocenters. The van der Waals surface area contributed by atoms with Gasteiger partial charge in [-0.25, -0.2) is 13.8 Å². The summed E-state index contributed by atoms with van der Waals surface area (Å²) in [6.45, 7) is 7.23. The topological polar surface area (TPSA) is 63.8 Å². The fraction of sp³-hybridized carbons (Fsp3) is 0.556. The molecular formula is C18H28F2N4. The molecule has 0 aromatic carbocycles. The number of halogens is 2. The van der Waals surface area contributed by atoms with Gasteiger partial charge >= 0.3 is 0 Å². The smallest absolute Gasteiger partial charge is 0.266 e. The van der Waals surface area contributed by atoms with Crippen molar-refractivity contribution in [1.82, 2.24) is 9.97 Å². The number of hydrogen-bond acceptors (Lipinski definition) is 4. The van der Waals surface area contributed by atoms with Gasteiger partial charge in [-0.1, -0.05) is 31.1 Å². The molecule has 0 radical (unpaired) electrons. The van der Waals surface area contributed by atoms with Crippen LogP contribution < -0.4 is 11.1 Å². The molecule has 6 heteroatoms. The van der Waals surface area contributed by atoms with E-state index in [1.165, 1.54) is 13.0 Å². The highest BCUT2D eigenvalue weighted by Gasteiger charge is 2.22. The Kier molecular flexibility index (Phi) is 7.82. The van der Waals surface area contributed by atoms with Crippen LogP contribution in [0.15, 0.2) is 29.5 Å². The fourth-order valence-corrected chi connectivity index (χ4v) is 1.97. The Morgan fingerprint density at radius 3 is 2.67 bits per heavy atom. The molecule has 0 spiro atoms. The van der Waals surface area contributed by atoms with Gasteiger partial charge in [0.2, 0.25) is 5.95 Å². The summed E-state index contributed by atoms with van der Waals surface area (Å²) >= 11 is 0. The van der Waals surface area contributed by atoms with Gasteiger partial charge in [0.1, 0.15) is 5.82 Å². The van der Waals surface area contributed by atoms with E-state index < -0.39 is 5.92 Å². The minimum atomic E-state index is -2.78. The molecule has 1 aromatic heterocycles. The van der Waals surface area contributed by atoms with Crippen LogP contribution in [-0.4, -0.2) is 22.4 Å². The summed E-state index contributed by atoms with van der Waals surface area (Å²) in [5.74, 6) is -1.78. The van der Waals surface area contributed by atoms with Crippen molar-refractivity contribution >= 4 is 11.8 Å². The molecule has 0 bridgehead atoms. The van der Waals surface area contributed by atoms with Crippen molar-refractivity contribution in [2.75, 3.05) is 17.6 Å². The van der Waals surface area contributed by atoms with E-state index >= 15 is 0 Å². The Balaban J connectivity index is 2.72. The zero-order valence-corrected chi connectivity index (χ0v) is 15.0. The predicted molar refractivity (Wildman–Crippen MR) is 96.3 cm³/mol. The van der Waals surface area contributed by atoms with Gasteiger partial charge in [-0.2, -0.15) is 4.98 Å². The summed E-state index contributed by atoms with van der Waals surface area (Å²) in [6, 6.07) is 0. The van der Waals surface area contributed by atoms with E-state index in [0.717, 1.165) is 56.1 Å². The molecule has 4 nitrogen and oxygen atoms in total. The first kappa shape index (κ1) is 20.1. The number of aryl methyl sites for hydroxylation is 1. The number of allylic oxidation sites excluding steroid dienone is 4. The van der Waals surface area contributed by atoms with E-state index in [1.54, 1.807) is 12.3 Å². The fourth-order valence-electron chi connectivity index (χ4n) is 1.97. The second-order valence-electron chi connectivity index (χ2n) is 6.13. The number of hydrogen-bond donors (Lipinski definition) is 2. The summed E-state index contributed by atoms with van der Waals surface area (Å²) in [4.78, 5) is 8.30. The highest BCUT2D eigenvalue weighted by Crippen LogP contribution is 2.23. The van der Waals surface area contributed by atoms with E-state index in [-0.39, 0.29) is 11.5 Å². The number of alkyl halides is 2.